The second-order valence-electron chi connectivity index (χ2n) is 10.1. The maximum absolute atomic E-state index is 13.7. The van der Waals surface area contributed by atoms with E-state index in [-0.39, 0.29) is 13.0 Å². The maximum Gasteiger partial charge on any atom is 0.452 e. The van der Waals surface area contributed by atoms with Gasteiger partial charge in [-0.05, 0) is 65.6 Å². The minimum atomic E-state index is -5.16. The molecular formula is C31H31Cl2F3N2O5. The molecular weight excluding hydrogens is 608 g/mol. The molecule has 0 aromatic heterocycles. The number of ketones is 1. The first-order valence-corrected chi connectivity index (χ1v) is 14.0. The number of methoxy groups -OCH3 is 1. The first kappa shape index (κ1) is 33.7. The van der Waals surface area contributed by atoms with Crippen molar-refractivity contribution in [3.63, 3.8) is 0 Å². The summed E-state index contributed by atoms with van der Waals surface area (Å²) in [7, 11) is 1.52. The van der Waals surface area contributed by atoms with E-state index in [1.165, 1.54) is 21.0 Å². The zero-order valence-corrected chi connectivity index (χ0v) is 25.1. The number of rotatable bonds is 13. The lowest BCUT2D eigenvalue weighted by atomic mass is 9.96. The summed E-state index contributed by atoms with van der Waals surface area (Å²) in [4.78, 5) is 39.2. The highest BCUT2D eigenvalue weighted by Gasteiger charge is 2.45. The van der Waals surface area contributed by atoms with Crippen molar-refractivity contribution in [1.82, 2.24) is 10.6 Å². The highest BCUT2D eigenvalue weighted by molar-refractivity contribution is 6.30. The molecule has 0 aliphatic rings. The van der Waals surface area contributed by atoms with Crippen LogP contribution in [0, 0.1) is 5.92 Å². The second-order valence-corrected chi connectivity index (χ2v) is 11.0. The van der Waals surface area contributed by atoms with E-state index in [2.05, 4.69) is 10.6 Å². The molecule has 0 heterocycles. The van der Waals surface area contributed by atoms with Crippen LogP contribution in [0.1, 0.15) is 30.9 Å². The maximum atomic E-state index is 13.7. The van der Waals surface area contributed by atoms with Gasteiger partial charge in [0.25, 0.3) is 5.78 Å². The van der Waals surface area contributed by atoms with Crippen molar-refractivity contribution in [2.45, 2.75) is 44.4 Å². The van der Waals surface area contributed by atoms with Crippen LogP contribution >= 0.6 is 23.2 Å². The number of halogens is 5. The van der Waals surface area contributed by atoms with Gasteiger partial charge in [0.15, 0.2) is 0 Å². The van der Waals surface area contributed by atoms with Gasteiger partial charge in [-0.15, -0.1) is 0 Å². The summed E-state index contributed by atoms with van der Waals surface area (Å²) in [6.45, 7) is 2.61. The van der Waals surface area contributed by atoms with Crippen molar-refractivity contribution in [2.75, 3.05) is 13.7 Å². The van der Waals surface area contributed by atoms with Crippen molar-refractivity contribution in [3.05, 3.63) is 94.0 Å². The highest BCUT2D eigenvalue weighted by Crippen LogP contribution is 2.25. The summed E-state index contributed by atoms with van der Waals surface area (Å²) in [5.41, 5.74) is 1.05. The van der Waals surface area contributed by atoms with Gasteiger partial charge in [0, 0.05) is 16.5 Å². The number of carbonyl (C=O) groups excluding carboxylic acids is 3. The van der Waals surface area contributed by atoms with E-state index in [0.29, 0.717) is 32.7 Å². The zero-order chi connectivity index (χ0) is 31.7. The summed E-state index contributed by atoms with van der Waals surface area (Å²) >= 11 is 12.2. The summed E-state index contributed by atoms with van der Waals surface area (Å²) in [6, 6.07) is 16.4. The Morgan fingerprint density at radius 3 is 2.02 bits per heavy atom. The first-order valence-electron chi connectivity index (χ1n) is 13.3. The normalized spacial score (nSPS) is 13.5. The largest absolute Gasteiger partial charge is 0.497 e. The fourth-order valence-corrected chi connectivity index (χ4v) is 4.53. The van der Waals surface area contributed by atoms with Crippen LogP contribution in [0.15, 0.2) is 72.8 Å². The Labute approximate surface area is 257 Å². The smallest absolute Gasteiger partial charge is 0.452 e. The molecule has 0 fully saturated rings. The zero-order valence-electron chi connectivity index (χ0n) is 23.6. The van der Waals surface area contributed by atoms with E-state index in [9.17, 15) is 27.6 Å². The van der Waals surface area contributed by atoms with Gasteiger partial charge in [0.05, 0.1) is 19.1 Å². The summed E-state index contributed by atoms with van der Waals surface area (Å²) in [5, 5.41) is 5.65. The minimum Gasteiger partial charge on any atom is -0.497 e. The molecule has 230 valence electrons. The molecule has 0 unspecified atom stereocenters. The van der Waals surface area contributed by atoms with Gasteiger partial charge >= 0.3 is 6.18 Å². The average Bonchev–Trinajstić information content (AvgIpc) is 2.96. The van der Waals surface area contributed by atoms with Gasteiger partial charge in [-0.2, -0.15) is 13.2 Å². The Bertz CT molecular complexity index is 1400. The molecule has 2 N–H and O–H groups in total. The molecule has 12 heteroatoms. The number of hydrogen-bond donors (Lipinski definition) is 2. The SMILES string of the molecule is COc1ccc(OC[C@@H](C(=O)N[C@@H](Cc2ccc(Cl)cc2)C(=O)N[C@H](C(=O)C(F)(F)F)C(C)C)c2cccc(Cl)c2)cc1. The van der Waals surface area contributed by atoms with E-state index < -0.39 is 47.7 Å². The number of nitrogens with one attached hydrogen (secondary N) is 2. The number of benzene rings is 3. The monoisotopic (exact) mass is 638 g/mol. The van der Waals surface area contributed by atoms with Crippen molar-refractivity contribution in [3.8, 4) is 11.5 Å². The molecule has 3 rings (SSSR count). The predicted octanol–water partition coefficient (Wildman–Crippen LogP) is 6.16. The number of Topliss-reactive ketones (excluding diaryl/α,β-unsaturated/α-hetero) is 1. The molecule has 43 heavy (non-hydrogen) atoms. The van der Waals surface area contributed by atoms with Gasteiger partial charge in [0.2, 0.25) is 11.8 Å². The molecule has 0 aliphatic heterocycles. The van der Waals surface area contributed by atoms with Crippen molar-refractivity contribution >= 4 is 40.8 Å². The van der Waals surface area contributed by atoms with E-state index in [0.717, 1.165) is 0 Å². The molecule has 3 aromatic rings. The molecule has 0 bridgehead atoms. The third-order valence-electron chi connectivity index (χ3n) is 6.56. The van der Waals surface area contributed by atoms with Crippen LogP contribution in [0.3, 0.4) is 0 Å². The molecule has 3 aromatic carbocycles. The van der Waals surface area contributed by atoms with Gasteiger partial charge in [-0.3, -0.25) is 14.4 Å². The fourth-order valence-electron chi connectivity index (χ4n) is 4.20. The molecule has 0 saturated heterocycles. The highest BCUT2D eigenvalue weighted by atomic mass is 35.5. The van der Waals surface area contributed by atoms with Crippen molar-refractivity contribution in [2.24, 2.45) is 5.92 Å². The summed E-state index contributed by atoms with van der Waals surface area (Å²) < 4.78 is 50.9. The van der Waals surface area contributed by atoms with Gasteiger partial charge < -0.3 is 20.1 Å². The van der Waals surface area contributed by atoms with Crippen molar-refractivity contribution < 1.29 is 37.0 Å². The lowest BCUT2D eigenvalue weighted by Gasteiger charge is -2.27. The van der Waals surface area contributed by atoms with E-state index >= 15 is 0 Å². The van der Waals surface area contributed by atoms with Crippen LogP contribution in [0.5, 0.6) is 11.5 Å². The van der Waals surface area contributed by atoms with Crippen LogP contribution in [0.2, 0.25) is 10.0 Å². The number of amides is 2. The summed E-state index contributed by atoms with van der Waals surface area (Å²) in [5.74, 6) is -4.48. The topological polar surface area (TPSA) is 93.7 Å². The van der Waals surface area contributed by atoms with Gasteiger partial charge in [0.1, 0.15) is 24.1 Å². The Hall–Kier alpha value is -3.76. The Morgan fingerprint density at radius 1 is 0.837 bits per heavy atom. The van der Waals surface area contributed by atoms with Gasteiger partial charge in [-0.1, -0.05) is 61.3 Å². The average molecular weight is 639 g/mol. The predicted molar refractivity (Wildman–Crippen MR) is 158 cm³/mol. The minimum absolute atomic E-state index is 0.0959. The Kier molecular flexibility index (Phi) is 11.9. The fraction of sp³-hybridized carbons (Fsp3) is 0.323. The van der Waals surface area contributed by atoms with E-state index in [1.807, 2.05) is 0 Å². The Balaban J connectivity index is 1.90. The van der Waals surface area contributed by atoms with E-state index in [4.69, 9.17) is 32.7 Å². The lowest BCUT2D eigenvalue weighted by molar-refractivity contribution is -0.175. The van der Waals surface area contributed by atoms with Crippen LogP contribution < -0.4 is 20.1 Å². The molecule has 0 aliphatic carbocycles. The van der Waals surface area contributed by atoms with E-state index in [1.54, 1.807) is 72.8 Å². The first-order chi connectivity index (χ1) is 20.3. The van der Waals surface area contributed by atoms with Gasteiger partial charge in [-0.25, -0.2) is 0 Å². The van der Waals surface area contributed by atoms with Crippen molar-refractivity contribution in [1.29, 1.82) is 0 Å². The number of alkyl halides is 3. The lowest BCUT2D eigenvalue weighted by Crippen LogP contribution is -2.56. The number of carbonyl (C=O) groups is 3. The number of ether oxygens (including phenoxy) is 2. The molecule has 0 spiro atoms. The second kappa shape index (κ2) is 15.1. The summed E-state index contributed by atoms with van der Waals surface area (Å²) in [6.07, 6.45) is -5.25. The van der Waals surface area contributed by atoms with Crippen LogP contribution in [0.25, 0.3) is 0 Å². The quantitative estimate of drug-likeness (QED) is 0.234. The number of hydrogen-bond acceptors (Lipinski definition) is 5. The van der Waals surface area contributed by atoms with Crippen LogP contribution in [-0.4, -0.2) is 49.6 Å². The molecule has 2 amide bonds. The molecule has 7 nitrogen and oxygen atoms in total. The van der Waals surface area contributed by atoms with Crippen LogP contribution in [-0.2, 0) is 20.8 Å². The Morgan fingerprint density at radius 2 is 1.47 bits per heavy atom. The van der Waals surface area contributed by atoms with Crippen LogP contribution in [0.4, 0.5) is 13.2 Å². The molecule has 0 saturated carbocycles. The molecule has 0 radical (unpaired) electrons. The third-order valence-corrected chi connectivity index (χ3v) is 7.04. The standard InChI is InChI=1S/C31H31Cl2F3N2O5/c1-18(2)27(28(39)31(34,35)36)38-30(41)26(15-19-7-9-21(32)10-8-19)37-29(40)25(20-5-4-6-22(33)16-20)17-43-24-13-11-23(42-3)12-14-24/h4-14,16,18,25-27H,15,17H2,1-3H3,(H,37,40)(H,38,41)/t25-,26+,27+/m1/s1. The molecule has 3 atom stereocenters. The third kappa shape index (κ3) is 9.90.